The fraction of sp³-hybridized carbons (Fsp3) is 0.900. The van der Waals surface area contributed by atoms with E-state index in [-0.39, 0.29) is 0 Å². The first-order valence-electron chi connectivity index (χ1n) is 5.21. The lowest BCUT2D eigenvalue weighted by molar-refractivity contribution is -0.133. The Balaban J connectivity index is 2.15. The lowest BCUT2D eigenvalue weighted by Gasteiger charge is -2.27. The van der Waals surface area contributed by atoms with Gasteiger partial charge < -0.3 is 10.2 Å². The molecule has 3 nitrogen and oxygen atoms in total. The molecule has 0 aromatic heterocycles. The normalized spacial score (nSPS) is 18.4. The van der Waals surface area contributed by atoms with Crippen molar-refractivity contribution in [3.63, 3.8) is 0 Å². The number of nitrogens with zero attached hydrogens (tertiary/aromatic N) is 1. The topological polar surface area (TPSA) is 32.3 Å². The standard InChI is InChI=1S/C10H20N2O/c1-9(2)11-6-8-12-7-4-3-5-10(12)13/h9,11H,3-8H2,1-2H3. The molecular weight excluding hydrogens is 164 g/mol. The zero-order valence-corrected chi connectivity index (χ0v) is 8.68. The van der Waals surface area contributed by atoms with Gasteiger partial charge in [0.2, 0.25) is 5.91 Å². The molecule has 0 atom stereocenters. The molecule has 13 heavy (non-hydrogen) atoms. The highest BCUT2D eigenvalue weighted by Gasteiger charge is 2.16. The van der Waals surface area contributed by atoms with E-state index in [1.165, 1.54) is 6.42 Å². The van der Waals surface area contributed by atoms with E-state index in [1.807, 2.05) is 4.90 Å². The average Bonchev–Trinajstić information content (AvgIpc) is 2.08. The molecule has 0 aromatic rings. The van der Waals surface area contributed by atoms with Crippen molar-refractivity contribution in [2.45, 2.75) is 39.2 Å². The fourth-order valence-corrected chi connectivity index (χ4v) is 1.59. The second kappa shape index (κ2) is 5.22. The Bertz CT molecular complexity index is 168. The monoisotopic (exact) mass is 184 g/mol. The third kappa shape index (κ3) is 3.77. The van der Waals surface area contributed by atoms with Crippen LogP contribution in [0.15, 0.2) is 0 Å². The molecule has 0 aliphatic carbocycles. The Morgan fingerprint density at radius 2 is 2.23 bits per heavy atom. The first-order chi connectivity index (χ1) is 6.20. The highest BCUT2D eigenvalue weighted by Crippen LogP contribution is 2.09. The lowest BCUT2D eigenvalue weighted by atomic mass is 10.1. The molecule has 1 saturated heterocycles. The lowest BCUT2D eigenvalue weighted by Crippen LogP contribution is -2.41. The van der Waals surface area contributed by atoms with Crippen molar-refractivity contribution in [3.8, 4) is 0 Å². The zero-order valence-electron chi connectivity index (χ0n) is 8.68. The van der Waals surface area contributed by atoms with E-state index in [0.29, 0.717) is 11.9 Å². The SMILES string of the molecule is CC(C)NCCN1CCCCC1=O. The Morgan fingerprint density at radius 3 is 2.85 bits per heavy atom. The molecular formula is C10H20N2O. The van der Waals surface area contributed by atoms with Gasteiger partial charge in [0.15, 0.2) is 0 Å². The van der Waals surface area contributed by atoms with Crippen LogP contribution in [0.4, 0.5) is 0 Å². The van der Waals surface area contributed by atoms with Crippen LogP contribution in [-0.4, -0.2) is 36.5 Å². The molecule has 1 rings (SSSR count). The number of hydrogen-bond acceptors (Lipinski definition) is 2. The third-order valence-electron chi connectivity index (χ3n) is 2.36. The third-order valence-corrected chi connectivity index (χ3v) is 2.36. The summed E-state index contributed by atoms with van der Waals surface area (Å²) in [6.45, 7) is 7.00. The minimum absolute atomic E-state index is 0.330. The van der Waals surface area contributed by atoms with Crippen LogP contribution in [0.25, 0.3) is 0 Å². The van der Waals surface area contributed by atoms with Gasteiger partial charge >= 0.3 is 0 Å². The number of amides is 1. The second-order valence-corrected chi connectivity index (χ2v) is 3.95. The first-order valence-corrected chi connectivity index (χ1v) is 5.21. The summed E-state index contributed by atoms with van der Waals surface area (Å²) in [4.78, 5) is 13.3. The Kier molecular flexibility index (Phi) is 4.22. The van der Waals surface area contributed by atoms with Gasteiger partial charge in [0, 0.05) is 32.1 Å². The zero-order chi connectivity index (χ0) is 9.68. The number of rotatable bonds is 4. The Hall–Kier alpha value is -0.570. The summed E-state index contributed by atoms with van der Waals surface area (Å²) < 4.78 is 0. The molecule has 0 spiro atoms. The largest absolute Gasteiger partial charge is 0.341 e. The van der Waals surface area contributed by atoms with E-state index < -0.39 is 0 Å². The van der Waals surface area contributed by atoms with Gasteiger partial charge in [0.05, 0.1) is 0 Å². The molecule has 76 valence electrons. The summed E-state index contributed by atoms with van der Waals surface area (Å²) in [5.74, 6) is 0.330. The molecule has 0 bridgehead atoms. The minimum Gasteiger partial charge on any atom is -0.341 e. The molecule has 0 saturated carbocycles. The van der Waals surface area contributed by atoms with Crippen molar-refractivity contribution < 1.29 is 4.79 Å². The summed E-state index contributed by atoms with van der Waals surface area (Å²) in [6.07, 6.45) is 3.00. The number of nitrogens with one attached hydrogen (secondary N) is 1. The maximum atomic E-state index is 11.4. The average molecular weight is 184 g/mol. The van der Waals surface area contributed by atoms with Crippen molar-refractivity contribution >= 4 is 5.91 Å². The van der Waals surface area contributed by atoms with E-state index in [2.05, 4.69) is 19.2 Å². The molecule has 3 heteroatoms. The summed E-state index contributed by atoms with van der Waals surface area (Å²) in [7, 11) is 0. The molecule has 1 N–H and O–H groups in total. The predicted octanol–water partition coefficient (Wildman–Crippen LogP) is 0.997. The van der Waals surface area contributed by atoms with E-state index in [0.717, 1.165) is 32.5 Å². The highest BCUT2D eigenvalue weighted by atomic mass is 16.2. The summed E-state index contributed by atoms with van der Waals surface area (Å²) >= 11 is 0. The predicted molar refractivity (Wildman–Crippen MR) is 53.6 cm³/mol. The van der Waals surface area contributed by atoms with Crippen LogP contribution >= 0.6 is 0 Å². The van der Waals surface area contributed by atoms with Crippen molar-refractivity contribution in [1.29, 1.82) is 0 Å². The van der Waals surface area contributed by atoms with Crippen molar-refractivity contribution in [3.05, 3.63) is 0 Å². The molecule has 1 amide bonds. The van der Waals surface area contributed by atoms with Crippen molar-refractivity contribution in [2.24, 2.45) is 0 Å². The fourth-order valence-electron chi connectivity index (χ4n) is 1.59. The first kappa shape index (κ1) is 10.5. The van der Waals surface area contributed by atoms with E-state index in [9.17, 15) is 4.79 Å². The van der Waals surface area contributed by atoms with Gasteiger partial charge in [-0.05, 0) is 12.8 Å². The Labute approximate surface area is 80.5 Å². The molecule has 1 heterocycles. The van der Waals surface area contributed by atoms with Crippen LogP contribution in [-0.2, 0) is 4.79 Å². The van der Waals surface area contributed by atoms with Gasteiger partial charge in [-0.2, -0.15) is 0 Å². The Morgan fingerprint density at radius 1 is 1.46 bits per heavy atom. The molecule has 0 unspecified atom stereocenters. The smallest absolute Gasteiger partial charge is 0.222 e. The van der Waals surface area contributed by atoms with Crippen LogP contribution < -0.4 is 5.32 Å². The van der Waals surface area contributed by atoms with Gasteiger partial charge in [-0.1, -0.05) is 13.8 Å². The highest BCUT2D eigenvalue weighted by molar-refractivity contribution is 5.76. The van der Waals surface area contributed by atoms with Gasteiger partial charge in [-0.25, -0.2) is 0 Å². The molecule has 0 radical (unpaired) electrons. The van der Waals surface area contributed by atoms with Gasteiger partial charge in [-0.3, -0.25) is 4.79 Å². The van der Waals surface area contributed by atoms with Gasteiger partial charge in [0.1, 0.15) is 0 Å². The number of carbonyl (C=O) groups is 1. The van der Waals surface area contributed by atoms with Gasteiger partial charge in [0.25, 0.3) is 0 Å². The van der Waals surface area contributed by atoms with Crippen LogP contribution in [0, 0.1) is 0 Å². The summed E-state index contributed by atoms with van der Waals surface area (Å²) in [5.41, 5.74) is 0. The molecule has 1 fully saturated rings. The minimum atomic E-state index is 0.330. The maximum absolute atomic E-state index is 11.4. The van der Waals surface area contributed by atoms with Crippen LogP contribution in [0.1, 0.15) is 33.1 Å². The van der Waals surface area contributed by atoms with Gasteiger partial charge in [-0.15, -0.1) is 0 Å². The number of hydrogen-bond donors (Lipinski definition) is 1. The summed E-state index contributed by atoms with van der Waals surface area (Å²) in [5, 5.41) is 3.32. The van der Waals surface area contributed by atoms with Crippen LogP contribution in [0.3, 0.4) is 0 Å². The number of carbonyl (C=O) groups excluding carboxylic acids is 1. The van der Waals surface area contributed by atoms with Crippen molar-refractivity contribution in [1.82, 2.24) is 10.2 Å². The number of piperidine rings is 1. The molecule has 1 aliphatic heterocycles. The van der Waals surface area contributed by atoms with Crippen LogP contribution in [0.5, 0.6) is 0 Å². The van der Waals surface area contributed by atoms with Crippen LogP contribution in [0.2, 0.25) is 0 Å². The second-order valence-electron chi connectivity index (χ2n) is 3.95. The number of likely N-dealkylation sites (tertiary alicyclic amines) is 1. The van der Waals surface area contributed by atoms with E-state index >= 15 is 0 Å². The van der Waals surface area contributed by atoms with Crippen molar-refractivity contribution in [2.75, 3.05) is 19.6 Å². The maximum Gasteiger partial charge on any atom is 0.222 e. The van der Waals surface area contributed by atoms with E-state index in [4.69, 9.17) is 0 Å². The van der Waals surface area contributed by atoms with E-state index in [1.54, 1.807) is 0 Å². The molecule has 1 aliphatic rings. The summed E-state index contributed by atoms with van der Waals surface area (Å²) in [6, 6.07) is 0.514. The molecule has 0 aromatic carbocycles. The quantitative estimate of drug-likeness (QED) is 0.707.